The van der Waals surface area contributed by atoms with Gasteiger partial charge in [-0.2, -0.15) is 0 Å². The van der Waals surface area contributed by atoms with Gasteiger partial charge in [-0.25, -0.2) is 0 Å². The predicted molar refractivity (Wildman–Crippen MR) is 84.6 cm³/mol. The highest BCUT2D eigenvalue weighted by Crippen LogP contribution is 2.15. The topological polar surface area (TPSA) is 20.3 Å². The van der Waals surface area contributed by atoms with Crippen molar-refractivity contribution in [1.29, 1.82) is 0 Å². The zero-order chi connectivity index (χ0) is 14.4. The van der Waals surface area contributed by atoms with Crippen LogP contribution in [0.1, 0.15) is 44.5 Å². The Labute approximate surface area is 125 Å². The van der Waals surface area contributed by atoms with E-state index in [4.69, 9.17) is 0 Å². The Hall–Kier alpha value is -0.670. The number of carbonyl (C=O) groups excluding carboxylic acids is 1. The average molecular weight is 326 g/mol. The molecule has 0 saturated carbocycles. The minimum atomic E-state index is -0.0554. The number of hydrogen-bond donors (Lipinski definition) is 0. The van der Waals surface area contributed by atoms with Crippen LogP contribution in [0.2, 0.25) is 0 Å². The minimum Gasteiger partial charge on any atom is -0.294 e. The van der Waals surface area contributed by atoms with Gasteiger partial charge in [0, 0.05) is 16.6 Å². The average Bonchev–Trinajstić information content (AvgIpc) is 2.43. The summed E-state index contributed by atoms with van der Waals surface area (Å²) in [5.41, 5.74) is 0.790. The monoisotopic (exact) mass is 325 g/mol. The molecule has 2 atom stereocenters. The molecule has 1 aromatic rings. The standard InChI is InChI=1S/C16H24BrNO/c1-5-12(3)11-18(6-2)13(4)16(19)14-7-9-15(17)10-8-14/h7-10,12-13H,5-6,11H2,1-4H3. The van der Waals surface area contributed by atoms with Crippen LogP contribution in [0, 0.1) is 5.92 Å². The molecular weight excluding hydrogens is 302 g/mol. The molecule has 0 N–H and O–H groups in total. The molecule has 2 nitrogen and oxygen atoms in total. The van der Waals surface area contributed by atoms with Crippen LogP contribution in [0.4, 0.5) is 0 Å². The third-order valence-electron chi connectivity index (χ3n) is 3.71. The summed E-state index contributed by atoms with van der Waals surface area (Å²) in [5.74, 6) is 0.831. The summed E-state index contributed by atoms with van der Waals surface area (Å²) < 4.78 is 1.00. The molecule has 0 saturated heterocycles. The molecule has 0 spiro atoms. The van der Waals surface area contributed by atoms with Crippen molar-refractivity contribution in [3.05, 3.63) is 34.3 Å². The fourth-order valence-corrected chi connectivity index (χ4v) is 2.38. The van der Waals surface area contributed by atoms with Crippen LogP contribution in [0.3, 0.4) is 0 Å². The number of hydrogen-bond acceptors (Lipinski definition) is 2. The summed E-state index contributed by atoms with van der Waals surface area (Å²) >= 11 is 3.39. The van der Waals surface area contributed by atoms with Crippen molar-refractivity contribution >= 4 is 21.7 Å². The maximum absolute atomic E-state index is 12.5. The van der Waals surface area contributed by atoms with E-state index in [0.717, 1.165) is 29.5 Å². The van der Waals surface area contributed by atoms with E-state index in [1.54, 1.807) is 0 Å². The number of likely N-dealkylation sites (N-methyl/N-ethyl adjacent to an activating group) is 1. The van der Waals surface area contributed by atoms with Gasteiger partial charge in [-0.1, -0.05) is 55.3 Å². The number of nitrogens with zero attached hydrogens (tertiary/aromatic N) is 1. The molecule has 0 fully saturated rings. The van der Waals surface area contributed by atoms with Crippen LogP contribution in [0.15, 0.2) is 28.7 Å². The van der Waals surface area contributed by atoms with Crippen LogP contribution in [0.5, 0.6) is 0 Å². The van der Waals surface area contributed by atoms with E-state index < -0.39 is 0 Å². The second-order valence-corrected chi connectivity index (χ2v) is 6.06. The Kier molecular flexibility index (Phi) is 6.73. The van der Waals surface area contributed by atoms with Gasteiger partial charge in [-0.3, -0.25) is 9.69 Å². The smallest absolute Gasteiger partial charge is 0.179 e. The first kappa shape index (κ1) is 16.4. The highest BCUT2D eigenvalue weighted by molar-refractivity contribution is 9.10. The van der Waals surface area contributed by atoms with Gasteiger partial charge in [0.05, 0.1) is 6.04 Å². The summed E-state index contributed by atoms with van der Waals surface area (Å²) in [7, 11) is 0. The first-order valence-corrected chi connectivity index (χ1v) is 7.82. The first-order valence-electron chi connectivity index (χ1n) is 7.03. The normalized spacial score (nSPS) is 14.4. The Morgan fingerprint density at radius 2 is 1.79 bits per heavy atom. The van der Waals surface area contributed by atoms with Gasteiger partial charge >= 0.3 is 0 Å². The van der Waals surface area contributed by atoms with Crippen LogP contribution in [-0.4, -0.2) is 29.8 Å². The molecule has 2 unspecified atom stereocenters. The van der Waals surface area contributed by atoms with E-state index in [1.165, 1.54) is 0 Å². The van der Waals surface area contributed by atoms with Crippen molar-refractivity contribution in [2.75, 3.05) is 13.1 Å². The highest BCUT2D eigenvalue weighted by Gasteiger charge is 2.22. The lowest BCUT2D eigenvalue weighted by molar-refractivity contribution is 0.0825. The maximum atomic E-state index is 12.5. The lowest BCUT2D eigenvalue weighted by Crippen LogP contribution is -2.41. The fourth-order valence-electron chi connectivity index (χ4n) is 2.11. The number of halogens is 1. The van der Waals surface area contributed by atoms with Crippen molar-refractivity contribution in [3.63, 3.8) is 0 Å². The van der Waals surface area contributed by atoms with Crippen LogP contribution < -0.4 is 0 Å². The second kappa shape index (κ2) is 7.81. The molecule has 0 aromatic heterocycles. The summed E-state index contributed by atoms with van der Waals surface area (Å²) in [6.07, 6.45) is 1.15. The number of Topliss-reactive ketones (excluding diaryl/α,β-unsaturated/α-hetero) is 1. The molecule has 1 aromatic carbocycles. The molecule has 0 amide bonds. The number of benzene rings is 1. The second-order valence-electron chi connectivity index (χ2n) is 5.15. The zero-order valence-corrected chi connectivity index (χ0v) is 13.9. The summed E-state index contributed by atoms with van der Waals surface area (Å²) in [5, 5.41) is 0. The van der Waals surface area contributed by atoms with Crippen LogP contribution in [0.25, 0.3) is 0 Å². The maximum Gasteiger partial charge on any atom is 0.179 e. The molecule has 0 aliphatic rings. The van der Waals surface area contributed by atoms with Gasteiger partial charge in [0.1, 0.15) is 0 Å². The van der Waals surface area contributed by atoms with E-state index in [2.05, 4.69) is 41.6 Å². The van der Waals surface area contributed by atoms with Gasteiger partial charge in [-0.05, 0) is 31.5 Å². The van der Waals surface area contributed by atoms with E-state index in [-0.39, 0.29) is 11.8 Å². The fraction of sp³-hybridized carbons (Fsp3) is 0.562. The summed E-state index contributed by atoms with van der Waals surface area (Å²) in [4.78, 5) is 14.7. The van der Waals surface area contributed by atoms with E-state index >= 15 is 0 Å². The van der Waals surface area contributed by atoms with E-state index in [9.17, 15) is 4.79 Å². The molecule has 19 heavy (non-hydrogen) atoms. The predicted octanol–water partition coefficient (Wildman–Crippen LogP) is 4.39. The lowest BCUT2D eigenvalue weighted by atomic mass is 10.0. The molecule has 106 valence electrons. The third kappa shape index (κ3) is 4.73. The van der Waals surface area contributed by atoms with E-state index in [1.807, 2.05) is 31.2 Å². The Morgan fingerprint density at radius 3 is 2.26 bits per heavy atom. The van der Waals surface area contributed by atoms with Gasteiger partial charge < -0.3 is 0 Å². The van der Waals surface area contributed by atoms with Crippen LogP contribution >= 0.6 is 15.9 Å². The van der Waals surface area contributed by atoms with Crippen molar-refractivity contribution in [2.24, 2.45) is 5.92 Å². The molecule has 3 heteroatoms. The third-order valence-corrected chi connectivity index (χ3v) is 4.23. The summed E-state index contributed by atoms with van der Waals surface area (Å²) in [6, 6.07) is 7.57. The van der Waals surface area contributed by atoms with Crippen LogP contribution in [-0.2, 0) is 0 Å². The SMILES string of the molecule is CCC(C)CN(CC)C(C)C(=O)c1ccc(Br)cc1. The van der Waals surface area contributed by atoms with Gasteiger partial charge in [0.25, 0.3) is 0 Å². The van der Waals surface area contributed by atoms with Gasteiger partial charge in [0.15, 0.2) is 5.78 Å². The van der Waals surface area contributed by atoms with Crippen molar-refractivity contribution < 1.29 is 4.79 Å². The Balaban J connectivity index is 2.76. The lowest BCUT2D eigenvalue weighted by Gasteiger charge is -2.29. The van der Waals surface area contributed by atoms with E-state index in [0.29, 0.717) is 5.92 Å². The first-order chi connectivity index (χ1) is 8.99. The molecule has 0 bridgehead atoms. The Bertz CT molecular complexity index is 402. The molecule has 0 aliphatic heterocycles. The molecule has 0 aliphatic carbocycles. The largest absolute Gasteiger partial charge is 0.294 e. The van der Waals surface area contributed by atoms with Gasteiger partial charge in [0.2, 0.25) is 0 Å². The number of ketones is 1. The van der Waals surface area contributed by atoms with Crippen molar-refractivity contribution in [1.82, 2.24) is 4.90 Å². The minimum absolute atomic E-state index is 0.0554. The molecule has 0 radical (unpaired) electrons. The molecular formula is C16H24BrNO. The van der Waals surface area contributed by atoms with Crippen molar-refractivity contribution in [3.8, 4) is 0 Å². The number of carbonyl (C=O) groups is 1. The zero-order valence-electron chi connectivity index (χ0n) is 12.3. The number of rotatable bonds is 7. The Morgan fingerprint density at radius 1 is 1.21 bits per heavy atom. The van der Waals surface area contributed by atoms with Gasteiger partial charge in [-0.15, -0.1) is 0 Å². The molecule has 0 heterocycles. The van der Waals surface area contributed by atoms with Crippen molar-refractivity contribution in [2.45, 2.75) is 40.2 Å². The summed E-state index contributed by atoms with van der Waals surface area (Å²) in [6.45, 7) is 10.5. The quantitative estimate of drug-likeness (QED) is 0.693. The highest BCUT2D eigenvalue weighted by atomic mass is 79.9. The molecule has 1 rings (SSSR count).